The van der Waals surface area contributed by atoms with Crippen LogP contribution >= 0.6 is 11.6 Å². The highest BCUT2D eigenvalue weighted by atomic mass is 35.5. The maximum Gasteiger partial charge on any atom is 0.416 e. The number of halogens is 4. The Bertz CT molecular complexity index is 1760. The Morgan fingerprint density at radius 2 is 1.58 bits per heavy atom. The van der Waals surface area contributed by atoms with Gasteiger partial charge in [0.15, 0.2) is 5.69 Å². The summed E-state index contributed by atoms with van der Waals surface area (Å²) >= 11 is 5.98. The molecule has 0 aliphatic rings. The van der Waals surface area contributed by atoms with E-state index in [4.69, 9.17) is 16.4 Å². The second kappa shape index (κ2) is 12.2. The fourth-order valence-electron chi connectivity index (χ4n) is 4.41. The molecule has 5 aromatic rings. The number of benzene rings is 3. The number of carboxylic acid groups (broad SMARTS) is 1. The molecule has 220 valence electrons. The fraction of sp³-hybridized carbons (Fsp3) is 0.129. The molecule has 3 aromatic carbocycles. The number of phenols is 1. The van der Waals surface area contributed by atoms with Crippen molar-refractivity contribution in [3.63, 3.8) is 0 Å². The molecule has 0 spiro atoms. The third-order valence-electron chi connectivity index (χ3n) is 6.66. The van der Waals surface area contributed by atoms with E-state index in [1.165, 1.54) is 42.6 Å². The van der Waals surface area contributed by atoms with E-state index in [9.17, 15) is 33.0 Å². The Labute approximate surface area is 248 Å². The van der Waals surface area contributed by atoms with Gasteiger partial charge in [-0.1, -0.05) is 48.0 Å². The zero-order valence-corrected chi connectivity index (χ0v) is 23.0. The van der Waals surface area contributed by atoms with Crippen LogP contribution in [0, 0.1) is 0 Å². The Hall–Kier alpha value is -4.87. The minimum Gasteiger partial charge on any atom is -0.508 e. The monoisotopic (exact) mass is 609 g/mol. The summed E-state index contributed by atoms with van der Waals surface area (Å²) in [5, 5.41) is 21.2. The lowest BCUT2D eigenvalue weighted by molar-refractivity contribution is -0.175. The van der Waals surface area contributed by atoms with Crippen molar-refractivity contribution in [2.24, 2.45) is 0 Å². The maximum absolute atomic E-state index is 13.3. The van der Waals surface area contributed by atoms with E-state index in [1.54, 1.807) is 28.8 Å². The number of imidazole rings is 1. The molecule has 0 radical (unpaired) electrons. The lowest BCUT2D eigenvalue weighted by atomic mass is 10.0. The van der Waals surface area contributed by atoms with E-state index in [0.29, 0.717) is 16.2 Å². The molecule has 0 fully saturated rings. The van der Waals surface area contributed by atoms with Gasteiger partial charge in [-0.25, -0.2) is 9.78 Å². The molecule has 12 heteroatoms. The standard InChI is InChI=1S/C31H23ClF3N3O5/c32-24-9-5-21(6-10-24)22-13-14-37-18-26(36-28(37)16-22)30(42)43-38(17-20-1-7-23(8-2-20)31(33,34)35)27(29(40)41)15-19-3-11-25(39)12-4-19/h1-14,16,18,27,39H,15,17H2,(H,40,41)/t27-/m0/s1. The SMILES string of the molecule is O=C(ON(Cc1ccc(C(F)(F)F)cc1)[C@@H](Cc1ccc(O)cc1)C(=O)O)c1cn2ccc(-c3ccc(Cl)cc3)cc2n1. The number of hydrogen-bond donors (Lipinski definition) is 2. The summed E-state index contributed by atoms with van der Waals surface area (Å²) in [7, 11) is 0. The third-order valence-corrected chi connectivity index (χ3v) is 6.92. The number of carbonyl (C=O) groups excluding carboxylic acids is 1. The first kappa shape index (κ1) is 29.6. The fourth-order valence-corrected chi connectivity index (χ4v) is 4.53. The second-order valence-corrected chi connectivity index (χ2v) is 10.1. The number of fused-ring (bicyclic) bond motifs is 1. The lowest BCUT2D eigenvalue weighted by Gasteiger charge is -2.27. The molecular weight excluding hydrogens is 587 g/mol. The molecule has 8 nitrogen and oxygen atoms in total. The normalized spacial score (nSPS) is 12.4. The largest absolute Gasteiger partial charge is 0.508 e. The summed E-state index contributed by atoms with van der Waals surface area (Å²) in [5.74, 6) is -2.31. The van der Waals surface area contributed by atoms with Crippen molar-refractivity contribution >= 4 is 29.2 Å². The van der Waals surface area contributed by atoms with Crippen molar-refractivity contribution in [3.8, 4) is 16.9 Å². The molecule has 1 atom stereocenters. The van der Waals surface area contributed by atoms with Crippen LogP contribution in [-0.4, -0.2) is 42.6 Å². The quantitative estimate of drug-likeness (QED) is 0.180. The summed E-state index contributed by atoms with van der Waals surface area (Å²) in [6.07, 6.45) is -1.56. The number of phenolic OH excluding ortho intramolecular Hbond substituents is 1. The van der Waals surface area contributed by atoms with Crippen LogP contribution in [0.2, 0.25) is 5.02 Å². The first-order chi connectivity index (χ1) is 20.5. The summed E-state index contributed by atoms with van der Waals surface area (Å²) in [4.78, 5) is 35.6. The van der Waals surface area contributed by atoms with Crippen molar-refractivity contribution in [1.29, 1.82) is 0 Å². The average Bonchev–Trinajstić information content (AvgIpc) is 3.40. The first-order valence-electron chi connectivity index (χ1n) is 12.9. The lowest BCUT2D eigenvalue weighted by Crippen LogP contribution is -2.43. The molecule has 0 saturated heterocycles. The van der Waals surface area contributed by atoms with Crippen LogP contribution in [0.15, 0.2) is 97.3 Å². The van der Waals surface area contributed by atoms with E-state index in [0.717, 1.165) is 28.3 Å². The van der Waals surface area contributed by atoms with Crippen LogP contribution in [0.3, 0.4) is 0 Å². The van der Waals surface area contributed by atoms with Gasteiger partial charge in [-0.15, -0.1) is 5.06 Å². The smallest absolute Gasteiger partial charge is 0.416 e. The van der Waals surface area contributed by atoms with Gasteiger partial charge >= 0.3 is 18.1 Å². The molecule has 2 N–H and O–H groups in total. The van der Waals surface area contributed by atoms with E-state index >= 15 is 0 Å². The summed E-state index contributed by atoms with van der Waals surface area (Å²) in [6.45, 7) is -0.326. The van der Waals surface area contributed by atoms with Crippen molar-refractivity contribution in [3.05, 3.63) is 125 Å². The first-order valence-corrected chi connectivity index (χ1v) is 13.2. The van der Waals surface area contributed by atoms with Gasteiger partial charge in [0, 0.05) is 23.8 Å². The number of pyridine rings is 1. The van der Waals surface area contributed by atoms with Crippen molar-refractivity contribution in [2.45, 2.75) is 25.2 Å². The van der Waals surface area contributed by atoms with Crippen LogP contribution in [0.4, 0.5) is 13.2 Å². The number of nitrogens with zero attached hydrogens (tertiary/aromatic N) is 3. The number of aliphatic carboxylic acids is 1. The molecule has 0 bridgehead atoms. The average molecular weight is 610 g/mol. The number of carbonyl (C=O) groups is 2. The van der Waals surface area contributed by atoms with Gasteiger partial charge in [0.1, 0.15) is 17.4 Å². The highest BCUT2D eigenvalue weighted by molar-refractivity contribution is 6.30. The summed E-state index contributed by atoms with van der Waals surface area (Å²) in [5.41, 5.74) is 1.92. The van der Waals surface area contributed by atoms with Gasteiger partial charge in [0.2, 0.25) is 0 Å². The van der Waals surface area contributed by atoms with Crippen LogP contribution in [-0.2, 0) is 28.8 Å². The predicted octanol–water partition coefficient (Wildman–Crippen LogP) is 6.65. The molecule has 2 heterocycles. The number of hydroxylamine groups is 2. The van der Waals surface area contributed by atoms with Crippen LogP contribution in [0.25, 0.3) is 16.8 Å². The highest BCUT2D eigenvalue weighted by Gasteiger charge is 2.32. The van der Waals surface area contributed by atoms with Gasteiger partial charge < -0.3 is 19.5 Å². The number of alkyl halides is 3. The zero-order chi connectivity index (χ0) is 30.7. The van der Waals surface area contributed by atoms with Crippen LogP contribution in [0.1, 0.15) is 27.2 Å². The van der Waals surface area contributed by atoms with Crippen molar-refractivity contribution < 1.29 is 37.8 Å². The molecule has 0 aliphatic carbocycles. The van der Waals surface area contributed by atoms with Gasteiger partial charge in [0.25, 0.3) is 0 Å². The Balaban J connectivity index is 1.43. The topological polar surface area (TPSA) is 104 Å². The molecule has 0 amide bonds. The summed E-state index contributed by atoms with van der Waals surface area (Å²) < 4.78 is 40.8. The van der Waals surface area contributed by atoms with Gasteiger partial charge in [-0.05, 0) is 70.8 Å². The number of rotatable bonds is 9. The Kier molecular flexibility index (Phi) is 8.38. The number of carboxylic acids is 1. The maximum atomic E-state index is 13.3. The molecule has 43 heavy (non-hydrogen) atoms. The number of aromatic nitrogens is 2. The van der Waals surface area contributed by atoms with E-state index < -0.39 is 29.7 Å². The van der Waals surface area contributed by atoms with Gasteiger partial charge in [-0.2, -0.15) is 13.2 Å². The second-order valence-electron chi connectivity index (χ2n) is 9.69. The van der Waals surface area contributed by atoms with Crippen LogP contribution in [0.5, 0.6) is 5.75 Å². The van der Waals surface area contributed by atoms with Crippen LogP contribution < -0.4 is 0 Å². The van der Waals surface area contributed by atoms with Crippen molar-refractivity contribution in [2.75, 3.05) is 0 Å². The molecule has 0 aliphatic heterocycles. The molecule has 0 unspecified atom stereocenters. The molecular formula is C31H23ClF3N3O5. The van der Waals surface area contributed by atoms with E-state index in [-0.39, 0.29) is 30.0 Å². The van der Waals surface area contributed by atoms with Gasteiger partial charge in [0.05, 0.1) is 12.1 Å². The minimum absolute atomic E-state index is 0.0188. The zero-order valence-electron chi connectivity index (χ0n) is 22.2. The highest BCUT2D eigenvalue weighted by Crippen LogP contribution is 2.30. The molecule has 0 saturated carbocycles. The van der Waals surface area contributed by atoms with Gasteiger partial charge in [-0.3, -0.25) is 4.79 Å². The summed E-state index contributed by atoms with van der Waals surface area (Å²) in [6, 6.07) is 19.2. The Morgan fingerprint density at radius 3 is 2.21 bits per heavy atom. The Morgan fingerprint density at radius 1 is 0.930 bits per heavy atom. The van der Waals surface area contributed by atoms with E-state index in [1.807, 2.05) is 18.2 Å². The number of aromatic hydroxyl groups is 1. The van der Waals surface area contributed by atoms with Crippen molar-refractivity contribution in [1.82, 2.24) is 14.4 Å². The molecule has 5 rings (SSSR count). The number of hydrogen-bond acceptors (Lipinski definition) is 6. The van der Waals surface area contributed by atoms with E-state index in [2.05, 4.69) is 4.98 Å². The molecule has 2 aromatic heterocycles. The minimum atomic E-state index is -4.55. The third kappa shape index (κ3) is 7.14. The predicted molar refractivity (Wildman–Crippen MR) is 151 cm³/mol.